The molecule has 11 heteroatoms. The van der Waals surface area contributed by atoms with Crippen LogP contribution >= 0.6 is 0 Å². The summed E-state index contributed by atoms with van der Waals surface area (Å²) in [6.07, 6.45) is -1.38. The van der Waals surface area contributed by atoms with Crippen molar-refractivity contribution < 1.29 is 26.7 Å². The lowest BCUT2D eigenvalue weighted by atomic mass is 9.87. The maximum Gasteiger partial charge on any atom is 0.257 e. The maximum atomic E-state index is 14.7. The van der Waals surface area contributed by atoms with Gasteiger partial charge in [-0.15, -0.1) is 0 Å². The Morgan fingerprint density at radius 2 is 2.03 bits per heavy atom. The minimum atomic E-state index is -3.14. The number of amides is 1. The molecule has 1 saturated heterocycles. The quantitative estimate of drug-likeness (QED) is 0.696. The van der Waals surface area contributed by atoms with Gasteiger partial charge in [-0.2, -0.15) is 0 Å². The summed E-state index contributed by atoms with van der Waals surface area (Å²) in [5, 5.41) is 2.51. The van der Waals surface area contributed by atoms with Gasteiger partial charge >= 0.3 is 0 Å². The fourth-order valence-corrected chi connectivity index (χ4v) is 3.52. The minimum Gasteiger partial charge on any atom is -0.310 e. The van der Waals surface area contributed by atoms with Crippen LogP contribution in [0.25, 0.3) is 0 Å². The number of nitrogens with one attached hydrogen (secondary N) is 1. The molecule has 3 heterocycles. The molecular formula is C20H21F5N4O2. The molecule has 2 aromatic rings. The second-order valence-corrected chi connectivity index (χ2v) is 7.43. The Hall–Kier alpha value is -2.82. The number of carbonyl (C=O) groups excluding carboxylic acids is 1. The fourth-order valence-electron chi connectivity index (χ4n) is 3.52. The van der Waals surface area contributed by atoms with E-state index in [0.29, 0.717) is 4.57 Å². The summed E-state index contributed by atoms with van der Waals surface area (Å²) in [6, 6.07) is 3.79. The molecule has 6 nitrogen and oxygen atoms in total. The third-order valence-corrected chi connectivity index (χ3v) is 5.31. The monoisotopic (exact) mass is 444 g/mol. The van der Waals surface area contributed by atoms with Crippen molar-refractivity contribution in [3.8, 4) is 0 Å². The highest BCUT2D eigenvalue weighted by atomic mass is 19.3. The van der Waals surface area contributed by atoms with Crippen molar-refractivity contribution >= 4 is 11.7 Å². The van der Waals surface area contributed by atoms with E-state index in [1.54, 1.807) is 4.90 Å². The van der Waals surface area contributed by atoms with E-state index in [9.17, 15) is 31.5 Å². The van der Waals surface area contributed by atoms with E-state index < -0.39 is 54.6 Å². The molecule has 168 valence electrons. The third-order valence-electron chi connectivity index (χ3n) is 5.31. The molecule has 0 aromatic carbocycles. The lowest BCUT2D eigenvalue weighted by Gasteiger charge is -2.40. The van der Waals surface area contributed by atoms with Crippen LogP contribution in [0.2, 0.25) is 0 Å². The number of nitrogens with zero attached hydrogens (tertiary/aromatic N) is 3. The van der Waals surface area contributed by atoms with Crippen LogP contribution < -0.4 is 10.9 Å². The fraction of sp³-hybridized carbons (Fsp3) is 0.450. The number of carbonyl (C=O) groups is 1. The smallest absolute Gasteiger partial charge is 0.257 e. The molecule has 1 amide bonds. The second kappa shape index (κ2) is 9.13. The molecule has 1 aliphatic heterocycles. The lowest BCUT2D eigenvalue weighted by molar-refractivity contribution is -0.125. The van der Waals surface area contributed by atoms with Crippen LogP contribution in [0.15, 0.2) is 41.5 Å². The van der Waals surface area contributed by atoms with Crippen LogP contribution in [0.5, 0.6) is 0 Å². The molecule has 31 heavy (non-hydrogen) atoms. The topological polar surface area (TPSA) is 67.2 Å². The maximum absolute atomic E-state index is 14.7. The first kappa shape index (κ1) is 22.9. The summed E-state index contributed by atoms with van der Waals surface area (Å²) in [7, 11) is 0. The SMILES string of the molecule is C[C@@H](C(=O)Nc1ccc(F)cn1)N1CCC(F)(F)C(c2ccc(=O)n(CC(F)F)c2)C1. The molecule has 0 spiro atoms. The molecule has 0 aliphatic carbocycles. The number of alkyl halides is 4. The predicted molar refractivity (Wildman–Crippen MR) is 103 cm³/mol. The van der Waals surface area contributed by atoms with Crippen LogP contribution in [-0.4, -0.2) is 51.8 Å². The van der Waals surface area contributed by atoms with E-state index in [2.05, 4.69) is 10.3 Å². The first-order valence-corrected chi connectivity index (χ1v) is 9.59. The van der Waals surface area contributed by atoms with Gasteiger partial charge in [0.1, 0.15) is 11.6 Å². The summed E-state index contributed by atoms with van der Waals surface area (Å²) in [5.41, 5.74) is -0.665. The Balaban J connectivity index is 1.77. The van der Waals surface area contributed by atoms with Gasteiger partial charge < -0.3 is 9.88 Å². The van der Waals surface area contributed by atoms with E-state index >= 15 is 0 Å². The Morgan fingerprint density at radius 3 is 2.68 bits per heavy atom. The van der Waals surface area contributed by atoms with Crippen LogP contribution in [-0.2, 0) is 11.3 Å². The first-order chi connectivity index (χ1) is 14.6. The molecule has 2 atom stereocenters. The van der Waals surface area contributed by atoms with Gasteiger partial charge in [-0.05, 0) is 24.6 Å². The van der Waals surface area contributed by atoms with Crippen LogP contribution in [0.4, 0.5) is 27.8 Å². The van der Waals surface area contributed by atoms with Gasteiger partial charge in [-0.3, -0.25) is 14.5 Å². The summed E-state index contributed by atoms with van der Waals surface area (Å²) in [5.74, 6) is -5.48. The molecule has 2 aromatic heterocycles. The van der Waals surface area contributed by atoms with Crippen molar-refractivity contribution in [1.82, 2.24) is 14.5 Å². The lowest BCUT2D eigenvalue weighted by Crippen LogP contribution is -2.52. The van der Waals surface area contributed by atoms with Crippen molar-refractivity contribution in [2.45, 2.75) is 44.2 Å². The predicted octanol–water partition coefficient (Wildman–Crippen LogP) is 3.10. The van der Waals surface area contributed by atoms with Crippen molar-refractivity contribution in [3.63, 3.8) is 0 Å². The number of piperidine rings is 1. The first-order valence-electron chi connectivity index (χ1n) is 9.59. The summed E-state index contributed by atoms with van der Waals surface area (Å²) in [4.78, 5) is 29.6. The van der Waals surface area contributed by atoms with E-state index in [1.807, 2.05) is 0 Å². The molecule has 0 saturated carbocycles. The van der Waals surface area contributed by atoms with Crippen molar-refractivity contribution in [2.75, 3.05) is 18.4 Å². The number of rotatable bonds is 6. The molecule has 1 fully saturated rings. The number of anilines is 1. The number of hydrogen-bond donors (Lipinski definition) is 1. The number of aromatic nitrogens is 2. The van der Waals surface area contributed by atoms with Gasteiger partial charge in [-0.1, -0.05) is 6.07 Å². The standard InChI is InChI=1S/C20H21F5N4O2/c1-12(19(31)27-17-4-3-14(21)8-26-17)28-7-6-20(24,25)15(10-28)13-2-5-18(30)29(9-13)11-16(22)23/h2-5,8-9,12,15-16H,6-7,10-11H2,1H3,(H,26,27,31)/t12-,15?/m0/s1. The molecule has 1 N–H and O–H groups in total. The van der Waals surface area contributed by atoms with E-state index in [1.165, 1.54) is 19.1 Å². The number of likely N-dealkylation sites (tertiary alicyclic amines) is 1. The number of hydrogen-bond acceptors (Lipinski definition) is 4. The number of pyridine rings is 2. The van der Waals surface area contributed by atoms with E-state index in [0.717, 1.165) is 24.5 Å². The summed E-state index contributed by atoms with van der Waals surface area (Å²) in [6.45, 7) is 0.367. The normalized spacial score (nSPS) is 19.9. The minimum absolute atomic E-state index is 0.0442. The Bertz CT molecular complexity index is 980. The zero-order chi connectivity index (χ0) is 22.8. The van der Waals surface area contributed by atoms with Gasteiger partial charge in [0.15, 0.2) is 0 Å². The summed E-state index contributed by atoms with van der Waals surface area (Å²) < 4.78 is 68.4. The molecule has 0 radical (unpaired) electrons. The highest BCUT2D eigenvalue weighted by Crippen LogP contribution is 2.40. The van der Waals surface area contributed by atoms with Crippen molar-refractivity contribution in [3.05, 3.63) is 58.4 Å². The van der Waals surface area contributed by atoms with Crippen molar-refractivity contribution in [2.24, 2.45) is 0 Å². The van der Waals surface area contributed by atoms with Crippen LogP contribution in [0, 0.1) is 5.82 Å². The van der Waals surface area contributed by atoms with Gasteiger partial charge in [0, 0.05) is 31.8 Å². The highest BCUT2D eigenvalue weighted by Gasteiger charge is 2.46. The number of halogens is 5. The van der Waals surface area contributed by atoms with Crippen molar-refractivity contribution in [1.29, 1.82) is 0 Å². The second-order valence-electron chi connectivity index (χ2n) is 7.43. The zero-order valence-corrected chi connectivity index (χ0v) is 16.6. The van der Waals surface area contributed by atoms with Gasteiger partial charge in [0.25, 0.3) is 17.9 Å². The molecule has 1 aliphatic rings. The average Bonchev–Trinajstić information content (AvgIpc) is 2.70. The van der Waals surface area contributed by atoms with E-state index in [4.69, 9.17) is 0 Å². The van der Waals surface area contributed by atoms with Crippen LogP contribution in [0.1, 0.15) is 24.8 Å². The van der Waals surface area contributed by atoms with Gasteiger partial charge in [0.2, 0.25) is 5.91 Å². The molecule has 0 bridgehead atoms. The third kappa shape index (κ3) is 5.46. The molecule has 1 unspecified atom stereocenters. The van der Waals surface area contributed by atoms with Crippen LogP contribution in [0.3, 0.4) is 0 Å². The Labute approximate surface area is 174 Å². The molecular weight excluding hydrogens is 423 g/mol. The Morgan fingerprint density at radius 1 is 1.29 bits per heavy atom. The summed E-state index contributed by atoms with van der Waals surface area (Å²) >= 11 is 0. The largest absolute Gasteiger partial charge is 0.310 e. The average molecular weight is 444 g/mol. The Kier molecular flexibility index (Phi) is 6.73. The van der Waals surface area contributed by atoms with Gasteiger partial charge in [0.05, 0.1) is 24.7 Å². The molecule has 3 rings (SSSR count). The van der Waals surface area contributed by atoms with E-state index in [-0.39, 0.29) is 24.5 Å². The highest BCUT2D eigenvalue weighted by molar-refractivity contribution is 5.93. The zero-order valence-electron chi connectivity index (χ0n) is 16.6. The van der Waals surface area contributed by atoms with Gasteiger partial charge in [-0.25, -0.2) is 26.9 Å².